The third kappa shape index (κ3) is 2.43. The van der Waals surface area contributed by atoms with Crippen molar-refractivity contribution in [2.45, 2.75) is 6.42 Å². The average molecular weight is 209 g/mol. The van der Waals surface area contributed by atoms with Crippen molar-refractivity contribution in [3.63, 3.8) is 0 Å². The van der Waals surface area contributed by atoms with Gasteiger partial charge in [-0.2, -0.15) is 0 Å². The summed E-state index contributed by atoms with van der Waals surface area (Å²) in [5, 5.41) is 17.9. The number of ether oxygens (including phenoxy) is 1. The van der Waals surface area contributed by atoms with Gasteiger partial charge in [-0.25, -0.2) is 0 Å². The second kappa shape index (κ2) is 4.41. The van der Waals surface area contributed by atoms with Crippen LogP contribution in [0, 0.1) is 15.5 Å². The molecule has 0 amide bonds. The molecule has 15 heavy (non-hydrogen) atoms. The van der Waals surface area contributed by atoms with Gasteiger partial charge in [0.2, 0.25) is 0 Å². The Hall–Kier alpha value is -2.11. The Bertz CT molecular complexity index is 404. The maximum atomic E-state index is 10.8. The van der Waals surface area contributed by atoms with E-state index < -0.39 is 4.92 Å². The Morgan fingerprint density at radius 1 is 1.67 bits per heavy atom. The van der Waals surface area contributed by atoms with Crippen LogP contribution in [-0.4, -0.2) is 17.9 Å². The van der Waals surface area contributed by atoms with Crippen LogP contribution in [0.5, 0.6) is 5.75 Å². The van der Waals surface area contributed by atoms with E-state index in [0.717, 1.165) is 0 Å². The standard InChI is InChI=1S/C9H11N3O3/c1-15-7-4-2-3-6(5-8(10)11)9(7)12(13)14/h2-4H,5H2,1H3,(H3,10,11). The molecule has 0 saturated carbocycles. The van der Waals surface area contributed by atoms with Gasteiger partial charge in [-0.3, -0.25) is 15.5 Å². The van der Waals surface area contributed by atoms with E-state index in [1.165, 1.54) is 13.2 Å². The molecule has 1 aromatic rings. The molecule has 0 aliphatic heterocycles. The molecule has 0 aliphatic rings. The van der Waals surface area contributed by atoms with E-state index in [2.05, 4.69) is 0 Å². The highest BCUT2D eigenvalue weighted by molar-refractivity contribution is 5.81. The first-order valence-corrected chi connectivity index (χ1v) is 4.19. The Morgan fingerprint density at radius 2 is 2.33 bits per heavy atom. The molecular weight excluding hydrogens is 198 g/mol. The van der Waals surface area contributed by atoms with Gasteiger partial charge in [0, 0.05) is 12.0 Å². The number of para-hydroxylation sites is 1. The van der Waals surface area contributed by atoms with E-state index in [1.54, 1.807) is 12.1 Å². The van der Waals surface area contributed by atoms with Gasteiger partial charge in [0.25, 0.3) is 0 Å². The number of nitro benzene ring substituents is 1. The van der Waals surface area contributed by atoms with Crippen LogP contribution in [-0.2, 0) is 6.42 Å². The topological polar surface area (TPSA) is 102 Å². The SMILES string of the molecule is COc1cccc(CC(=N)N)c1[N+](=O)[O-]. The van der Waals surface area contributed by atoms with Gasteiger partial charge < -0.3 is 10.5 Å². The van der Waals surface area contributed by atoms with Crippen molar-refractivity contribution in [1.82, 2.24) is 0 Å². The van der Waals surface area contributed by atoms with Gasteiger partial charge in [0.05, 0.1) is 17.9 Å². The number of hydrogen-bond donors (Lipinski definition) is 2. The van der Waals surface area contributed by atoms with Gasteiger partial charge >= 0.3 is 5.69 Å². The quantitative estimate of drug-likeness (QED) is 0.335. The highest BCUT2D eigenvalue weighted by Crippen LogP contribution is 2.30. The predicted octanol–water partition coefficient (Wildman–Crippen LogP) is 1.08. The lowest BCUT2D eigenvalue weighted by molar-refractivity contribution is -0.386. The minimum Gasteiger partial charge on any atom is -0.490 e. The predicted molar refractivity (Wildman–Crippen MR) is 55.3 cm³/mol. The van der Waals surface area contributed by atoms with Gasteiger partial charge in [-0.1, -0.05) is 12.1 Å². The lowest BCUT2D eigenvalue weighted by Crippen LogP contribution is -2.14. The maximum Gasteiger partial charge on any atom is 0.314 e. The number of nitrogens with two attached hydrogens (primary N) is 1. The number of amidine groups is 1. The van der Waals surface area contributed by atoms with E-state index in [-0.39, 0.29) is 23.7 Å². The molecule has 0 heterocycles. The van der Waals surface area contributed by atoms with E-state index in [4.69, 9.17) is 15.9 Å². The van der Waals surface area contributed by atoms with Crippen molar-refractivity contribution in [2.24, 2.45) is 5.73 Å². The summed E-state index contributed by atoms with van der Waals surface area (Å²) in [5.41, 5.74) is 5.46. The van der Waals surface area contributed by atoms with Crippen LogP contribution >= 0.6 is 0 Å². The molecule has 3 N–H and O–H groups in total. The summed E-state index contributed by atoms with van der Waals surface area (Å²) >= 11 is 0. The third-order valence-corrected chi connectivity index (χ3v) is 1.87. The molecule has 0 radical (unpaired) electrons. The molecule has 0 bridgehead atoms. The number of nitro groups is 1. The summed E-state index contributed by atoms with van der Waals surface area (Å²) in [4.78, 5) is 10.3. The molecule has 0 spiro atoms. The molecule has 6 nitrogen and oxygen atoms in total. The van der Waals surface area contributed by atoms with E-state index in [1.807, 2.05) is 0 Å². The van der Waals surface area contributed by atoms with Crippen molar-refractivity contribution in [1.29, 1.82) is 5.41 Å². The van der Waals surface area contributed by atoms with Crippen molar-refractivity contribution in [2.75, 3.05) is 7.11 Å². The first kappa shape index (κ1) is 11.0. The fraction of sp³-hybridized carbons (Fsp3) is 0.222. The Labute approximate surface area is 86.3 Å². The summed E-state index contributed by atoms with van der Waals surface area (Å²) < 4.78 is 4.88. The molecule has 0 atom stereocenters. The second-order valence-electron chi connectivity index (χ2n) is 2.93. The summed E-state index contributed by atoms with van der Waals surface area (Å²) in [6.45, 7) is 0. The fourth-order valence-electron chi connectivity index (χ4n) is 1.29. The molecule has 80 valence electrons. The van der Waals surface area contributed by atoms with Crippen LogP contribution in [0.15, 0.2) is 18.2 Å². The highest BCUT2D eigenvalue weighted by atomic mass is 16.6. The second-order valence-corrected chi connectivity index (χ2v) is 2.93. The molecule has 0 saturated heterocycles. The zero-order valence-electron chi connectivity index (χ0n) is 8.19. The number of nitrogens with zero attached hydrogens (tertiary/aromatic N) is 1. The van der Waals surface area contributed by atoms with Crippen LogP contribution in [0.25, 0.3) is 0 Å². The van der Waals surface area contributed by atoms with Crippen molar-refractivity contribution in [3.8, 4) is 5.75 Å². The van der Waals surface area contributed by atoms with Crippen LogP contribution in [0.3, 0.4) is 0 Å². The first-order chi connectivity index (χ1) is 7.06. The van der Waals surface area contributed by atoms with Gasteiger partial charge in [0.1, 0.15) is 0 Å². The fourth-order valence-corrected chi connectivity index (χ4v) is 1.29. The molecule has 0 aromatic heterocycles. The normalized spacial score (nSPS) is 9.67. The number of methoxy groups -OCH3 is 1. The highest BCUT2D eigenvalue weighted by Gasteiger charge is 2.20. The number of rotatable bonds is 4. The smallest absolute Gasteiger partial charge is 0.314 e. The van der Waals surface area contributed by atoms with Gasteiger partial charge in [0.15, 0.2) is 5.75 Å². The van der Waals surface area contributed by atoms with E-state index in [0.29, 0.717) is 5.56 Å². The summed E-state index contributed by atoms with van der Waals surface area (Å²) in [6, 6.07) is 4.69. The Morgan fingerprint density at radius 3 is 2.80 bits per heavy atom. The maximum absolute atomic E-state index is 10.8. The van der Waals surface area contributed by atoms with Crippen LogP contribution in [0.2, 0.25) is 0 Å². The molecule has 6 heteroatoms. The lowest BCUT2D eigenvalue weighted by Gasteiger charge is -2.05. The average Bonchev–Trinajstić information content (AvgIpc) is 2.15. The van der Waals surface area contributed by atoms with Crippen molar-refractivity contribution in [3.05, 3.63) is 33.9 Å². The van der Waals surface area contributed by atoms with Crippen LogP contribution in [0.1, 0.15) is 5.56 Å². The third-order valence-electron chi connectivity index (χ3n) is 1.87. The molecule has 0 unspecified atom stereocenters. The first-order valence-electron chi connectivity index (χ1n) is 4.19. The van der Waals surface area contributed by atoms with Crippen molar-refractivity contribution < 1.29 is 9.66 Å². The molecule has 0 aliphatic carbocycles. The Kier molecular flexibility index (Phi) is 3.22. The van der Waals surface area contributed by atoms with Crippen molar-refractivity contribution >= 4 is 11.5 Å². The molecule has 0 fully saturated rings. The lowest BCUT2D eigenvalue weighted by atomic mass is 10.1. The monoisotopic (exact) mass is 209 g/mol. The zero-order valence-corrected chi connectivity index (χ0v) is 8.19. The number of hydrogen-bond acceptors (Lipinski definition) is 4. The number of benzene rings is 1. The molecular formula is C9H11N3O3. The van der Waals surface area contributed by atoms with Crippen LogP contribution in [0.4, 0.5) is 5.69 Å². The molecule has 1 aromatic carbocycles. The minimum atomic E-state index is -0.531. The number of nitrogens with one attached hydrogen (secondary N) is 1. The Balaban J connectivity index is 3.25. The zero-order chi connectivity index (χ0) is 11.4. The van der Waals surface area contributed by atoms with E-state index >= 15 is 0 Å². The molecule has 1 rings (SSSR count). The largest absolute Gasteiger partial charge is 0.490 e. The van der Waals surface area contributed by atoms with Crippen LogP contribution < -0.4 is 10.5 Å². The summed E-state index contributed by atoms with van der Waals surface area (Å²) in [6.07, 6.45) is 0.0491. The summed E-state index contributed by atoms with van der Waals surface area (Å²) in [5.74, 6) is 0.0603. The minimum absolute atomic E-state index is 0.0491. The van der Waals surface area contributed by atoms with Gasteiger partial charge in [-0.15, -0.1) is 0 Å². The van der Waals surface area contributed by atoms with E-state index in [9.17, 15) is 10.1 Å². The van der Waals surface area contributed by atoms with Gasteiger partial charge in [-0.05, 0) is 6.07 Å². The summed E-state index contributed by atoms with van der Waals surface area (Å²) in [7, 11) is 1.36.